The van der Waals surface area contributed by atoms with Gasteiger partial charge in [-0.15, -0.1) is 0 Å². The van der Waals surface area contributed by atoms with Crippen molar-refractivity contribution in [3.63, 3.8) is 0 Å². The van der Waals surface area contributed by atoms with Crippen molar-refractivity contribution in [3.8, 4) is 11.8 Å². The summed E-state index contributed by atoms with van der Waals surface area (Å²) in [5.74, 6) is 6.29. The fourth-order valence-electron chi connectivity index (χ4n) is 0.826. The molecule has 2 nitrogen and oxygen atoms in total. The topological polar surface area (TPSA) is 46.2 Å². The molecule has 0 heterocycles. The van der Waals surface area contributed by atoms with E-state index < -0.39 is 0 Å². The Bertz CT molecular complexity index is 143. The molecule has 0 spiro atoms. The van der Waals surface area contributed by atoms with Crippen LogP contribution in [0.3, 0.4) is 0 Å². The molecule has 0 radical (unpaired) electrons. The van der Waals surface area contributed by atoms with Crippen molar-refractivity contribution in [2.24, 2.45) is 11.7 Å². The van der Waals surface area contributed by atoms with E-state index in [-0.39, 0.29) is 12.6 Å². The molecule has 0 aromatic rings. The average molecular weight is 155 g/mol. The molecule has 0 aromatic carbocycles. The second kappa shape index (κ2) is 6.21. The molecule has 0 bridgehead atoms. The maximum Gasteiger partial charge on any atom is 0.0667 e. The van der Waals surface area contributed by atoms with E-state index in [4.69, 9.17) is 10.8 Å². The van der Waals surface area contributed by atoms with Gasteiger partial charge in [0.15, 0.2) is 0 Å². The number of rotatable bonds is 3. The van der Waals surface area contributed by atoms with Crippen LogP contribution in [-0.4, -0.2) is 17.8 Å². The smallest absolute Gasteiger partial charge is 0.0667 e. The molecule has 0 aliphatic rings. The number of hydrogen-bond acceptors (Lipinski definition) is 2. The zero-order valence-corrected chi connectivity index (χ0v) is 7.30. The lowest BCUT2D eigenvalue weighted by Gasteiger charge is -2.05. The standard InChI is InChI=1S/C9H17NO/c1-8(2)7-9(10)5-3-4-6-11/h8-9,11H,4,6-7,10H2,1-2H3. The molecule has 2 heteroatoms. The summed E-state index contributed by atoms with van der Waals surface area (Å²) >= 11 is 0. The lowest BCUT2D eigenvalue weighted by atomic mass is 10.1. The maximum absolute atomic E-state index is 8.42. The van der Waals surface area contributed by atoms with Crippen LogP contribution in [0.25, 0.3) is 0 Å². The van der Waals surface area contributed by atoms with Gasteiger partial charge in [-0.3, -0.25) is 0 Å². The second-order valence-electron chi connectivity index (χ2n) is 3.03. The summed E-state index contributed by atoms with van der Waals surface area (Å²) in [4.78, 5) is 0. The van der Waals surface area contributed by atoms with Gasteiger partial charge < -0.3 is 10.8 Å². The van der Waals surface area contributed by atoms with Crippen molar-refractivity contribution in [3.05, 3.63) is 0 Å². The predicted molar refractivity (Wildman–Crippen MR) is 46.9 cm³/mol. The lowest BCUT2D eigenvalue weighted by Crippen LogP contribution is -2.19. The molecule has 11 heavy (non-hydrogen) atoms. The highest BCUT2D eigenvalue weighted by Crippen LogP contribution is 2.00. The molecule has 64 valence electrons. The monoisotopic (exact) mass is 155 g/mol. The van der Waals surface area contributed by atoms with Crippen LogP contribution in [0.2, 0.25) is 0 Å². The highest BCUT2D eigenvalue weighted by atomic mass is 16.2. The van der Waals surface area contributed by atoms with Gasteiger partial charge in [0.05, 0.1) is 12.6 Å². The van der Waals surface area contributed by atoms with Crippen LogP contribution >= 0.6 is 0 Å². The quantitative estimate of drug-likeness (QED) is 0.591. The molecule has 1 atom stereocenters. The Morgan fingerprint density at radius 1 is 1.45 bits per heavy atom. The Morgan fingerprint density at radius 3 is 2.55 bits per heavy atom. The minimum atomic E-state index is -0.0263. The van der Waals surface area contributed by atoms with Crippen molar-refractivity contribution in [1.82, 2.24) is 0 Å². The van der Waals surface area contributed by atoms with Gasteiger partial charge in [0.25, 0.3) is 0 Å². The highest BCUT2D eigenvalue weighted by molar-refractivity contribution is 5.06. The van der Waals surface area contributed by atoms with Crippen LogP contribution in [0.1, 0.15) is 26.7 Å². The third-order valence-corrected chi connectivity index (χ3v) is 1.25. The first-order valence-electron chi connectivity index (χ1n) is 4.01. The lowest BCUT2D eigenvalue weighted by molar-refractivity contribution is 0.305. The van der Waals surface area contributed by atoms with Gasteiger partial charge in [-0.1, -0.05) is 25.7 Å². The zero-order valence-electron chi connectivity index (χ0n) is 7.30. The zero-order chi connectivity index (χ0) is 8.69. The van der Waals surface area contributed by atoms with Gasteiger partial charge in [-0.25, -0.2) is 0 Å². The minimum absolute atomic E-state index is 0.0263. The summed E-state index contributed by atoms with van der Waals surface area (Å²) in [6.07, 6.45) is 1.46. The first kappa shape index (κ1) is 10.5. The van der Waals surface area contributed by atoms with Crippen molar-refractivity contribution in [2.75, 3.05) is 6.61 Å². The van der Waals surface area contributed by atoms with E-state index in [1.807, 2.05) is 0 Å². The van der Waals surface area contributed by atoms with Gasteiger partial charge >= 0.3 is 0 Å². The van der Waals surface area contributed by atoms with Crippen LogP contribution < -0.4 is 5.73 Å². The Morgan fingerprint density at radius 2 is 2.09 bits per heavy atom. The Hall–Kier alpha value is -0.520. The summed E-state index contributed by atoms with van der Waals surface area (Å²) in [5, 5.41) is 8.42. The van der Waals surface area contributed by atoms with Crippen molar-refractivity contribution in [1.29, 1.82) is 0 Å². The van der Waals surface area contributed by atoms with Crippen LogP contribution in [0.4, 0.5) is 0 Å². The van der Waals surface area contributed by atoms with E-state index in [1.54, 1.807) is 0 Å². The van der Waals surface area contributed by atoms with Crippen LogP contribution in [0.5, 0.6) is 0 Å². The van der Waals surface area contributed by atoms with Crippen molar-refractivity contribution < 1.29 is 5.11 Å². The Balaban J connectivity index is 3.52. The van der Waals surface area contributed by atoms with E-state index in [0.29, 0.717) is 12.3 Å². The summed E-state index contributed by atoms with van der Waals surface area (Å²) in [7, 11) is 0. The largest absolute Gasteiger partial charge is 0.395 e. The molecule has 0 aliphatic heterocycles. The predicted octanol–water partition coefficient (Wildman–Crippen LogP) is 0.746. The van der Waals surface area contributed by atoms with E-state index in [2.05, 4.69) is 25.7 Å². The minimum Gasteiger partial charge on any atom is -0.395 e. The molecule has 0 saturated carbocycles. The van der Waals surface area contributed by atoms with Crippen LogP contribution in [0, 0.1) is 17.8 Å². The van der Waals surface area contributed by atoms with Crippen LogP contribution in [-0.2, 0) is 0 Å². The third kappa shape index (κ3) is 7.38. The number of aliphatic hydroxyl groups is 1. The summed E-state index contributed by atoms with van der Waals surface area (Å²) < 4.78 is 0. The molecule has 0 saturated heterocycles. The van der Waals surface area contributed by atoms with E-state index >= 15 is 0 Å². The number of nitrogens with two attached hydrogens (primary N) is 1. The SMILES string of the molecule is CC(C)CC(N)C#CCCO. The summed E-state index contributed by atoms with van der Waals surface area (Å²) in [6.45, 7) is 4.36. The van der Waals surface area contributed by atoms with Gasteiger partial charge in [-0.05, 0) is 12.3 Å². The number of hydrogen-bond donors (Lipinski definition) is 2. The Labute approximate surface area is 68.8 Å². The fourth-order valence-corrected chi connectivity index (χ4v) is 0.826. The molecule has 1 unspecified atom stereocenters. The second-order valence-corrected chi connectivity index (χ2v) is 3.03. The first-order chi connectivity index (χ1) is 5.16. The van der Waals surface area contributed by atoms with Crippen LogP contribution in [0.15, 0.2) is 0 Å². The first-order valence-corrected chi connectivity index (χ1v) is 4.01. The normalized spacial score (nSPS) is 12.5. The van der Waals surface area contributed by atoms with E-state index in [0.717, 1.165) is 6.42 Å². The molecular weight excluding hydrogens is 138 g/mol. The third-order valence-electron chi connectivity index (χ3n) is 1.25. The molecular formula is C9H17NO. The van der Waals surface area contributed by atoms with E-state index in [9.17, 15) is 0 Å². The molecule has 0 aromatic heterocycles. The summed E-state index contributed by atoms with van der Waals surface area (Å²) in [6, 6.07) is -0.0263. The molecule has 0 aliphatic carbocycles. The number of aliphatic hydroxyl groups excluding tert-OH is 1. The van der Waals surface area contributed by atoms with Gasteiger partial charge in [0, 0.05) is 6.42 Å². The molecule has 3 N–H and O–H groups in total. The highest BCUT2D eigenvalue weighted by Gasteiger charge is 1.99. The van der Waals surface area contributed by atoms with E-state index in [1.165, 1.54) is 0 Å². The van der Waals surface area contributed by atoms with Gasteiger partial charge in [0.2, 0.25) is 0 Å². The summed E-state index contributed by atoms with van der Waals surface area (Å²) in [5.41, 5.74) is 5.66. The molecule has 0 fully saturated rings. The van der Waals surface area contributed by atoms with Crippen molar-refractivity contribution in [2.45, 2.75) is 32.7 Å². The van der Waals surface area contributed by atoms with Gasteiger partial charge in [-0.2, -0.15) is 0 Å². The molecule has 0 amide bonds. The van der Waals surface area contributed by atoms with Crippen molar-refractivity contribution >= 4 is 0 Å². The molecule has 0 rings (SSSR count). The average Bonchev–Trinajstić information content (AvgIpc) is 1.86. The van der Waals surface area contributed by atoms with Gasteiger partial charge in [0.1, 0.15) is 0 Å². The fraction of sp³-hybridized carbons (Fsp3) is 0.778. The maximum atomic E-state index is 8.42. The Kier molecular flexibility index (Phi) is 5.91.